The zero-order valence-corrected chi connectivity index (χ0v) is 11.6. The monoisotopic (exact) mass is 282 g/mol. The minimum absolute atomic E-state index is 0.481. The Balaban J connectivity index is 1.78. The number of aromatic nitrogens is 1. The largest absolute Gasteiger partial charge is 0.497 e. The van der Waals surface area contributed by atoms with Crippen molar-refractivity contribution < 1.29 is 9.13 Å². The Hall–Kier alpha value is -2.62. The summed E-state index contributed by atoms with van der Waals surface area (Å²) in [5.74, 6) is 0.896. The van der Waals surface area contributed by atoms with E-state index in [0.717, 1.165) is 22.1 Å². The number of ether oxygens (including phenoxy) is 1. The van der Waals surface area contributed by atoms with Crippen LogP contribution >= 0.6 is 0 Å². The molecule has 21 heavy (non-hydrogen) atoms. The molecule has 3 aromatic rings. The van der Waals surface area contributed by atoms with Crippen LogP contribution in [-0.4, -0.2) is 12.1 Å². The number of nitrogens with one attached hydrogen (secondary N) is 1. The fraction of sp³-hybridized carbons (Fsp3) is 0.118. The van der Waals surface area contributed by atoms with E-state index in [1.807, 2.05) is 30.3 Å². The first kappa shape index (κ1) is 13.4. The smallest absolute Gasteiger partial charge is 0.214 e. The molecule has 0 saturated carbocycles. The average molecular weight is 282 g/mol. The summed E-state index contributed by atoms with van der Waals surface area (Å²) in [5, 5.41) is 5.38. The summed E-state index contributed by atoms with van der Waals surface area (Å²) in [6.45, 7) is 0.596. The lowest BCUT2D eigenvalue weighted by atomic mass is 10.1. The Bertz CT molecular complexity index is 774. The highest BCUT2D eigenvalue weighted by molar-refractivity contribution is 5.84. The molecule has 0 bridgehead atoms. The lowest BCUT2D eigenvalue weighted by molar-refractivity contribution is 0.415. The van der Waals surface area contributed by atoms with Crippen LogP contribution in [0, 0.1) is 5.95 Å². The molecule has 0 radical (unpaired) electrons. The van der Waals surface area contributed by atoms with Crippen molar-refractivity contribution in [1.29, 1.82) is 0 Å². The maximum absolute atomic E-state index is 13.0. The van der Waals surface area contributed by atoms with Gasteiger partial charge in [0, 0.05) is 6.54 Å². The topological polar surface area (TPSA) is 34.1 Å². The predicted molar refractivity (Wildman–Crippen MR) is 82.0 cm³/mol. The lowest BCUT2D eigenvalue weighted by Gasteiger charge is -2.08. The van der Waals surface area contributed by atoms with Crippen molar-refractivity contribution in [2.45, 2.75) is 6.54 Å². The summed E-state index contributed by atoms with van der Waals surface area (Å²) in [5.41, 5.74) is 1.11. The van der Waals surface area contributed by atoms with Crippen molar-refractivity contribution in [1.82, 2.24) is 4.98 Å². The van der Waals surface area contributed by atoms with Crippen LogP contribution in [0.15, 0.2) is 54.6 Å². The number of halogens is 1. The number of pyridine rings is 1. The van der Waals surface area contributed by atoms with E-state index >= 15 is 0 Å². The Labute approximate surface area is 122 Å². The summed E-state index contributed by atoms with van der Waals surface area (Å²) in [6.07, 6.45) is 0. The third-order valence-electron chi connectivity index (χ3n) is 3.30. The predicted octanol–water partition coefficient (Wildman–Crippen LogP) is 3.99. The van der Waals surface area contributed by atoms with Crippen LogP contribution < -0.4 is 10.1 Å². The normalized spacial score (nSPS) is 10.6. The van der Waals surface area contributed by atoms with E-state index in [1.54, 1.807) is 19.2 Å². The number of anilines is 1. The number of fused-ring (bicyclic) bond motifs is 1. The first-order chi connectivity index (χ1) is 10.2. The SMILES string of the molecule is COc1ccc2cc(CNc3cccc(F)n3)ccc2c1. The van der Waals surface area contributed by atoms with Crippen molar-refractivity contribution in [2.24, 2.45) is 0 Å². The summed E-state index contributed by atoms with van der Waals surface area (Å²) in [4.78, 5) is 3.78. The Morgan fingerprint density at radius 2 is 1.86 bits per heavy atom. The molecule has 1 N–H and O–H groups in total. The average Bonchev–Trinajstić information content (AvgIpc) is 2.52. The number of benzene rings is 2. The fourth-order valence-corrected chi connectivity index (χ4v) is 2.21. The summed E-state index contributed by atoms with van der Waals surface area (Å²) in [7, 11) is 1.66. The molecule has 0 aliphatic heterocycles. The molecule has 106 valence electrons. The van der Waals surface area contributed by atoms with E-state index in [4.69, 9.17) is 4.74 Å². The quantitative estimate of drug-likeness (QED) is 0.735. The van der Waals surface area contributed by atoms with Crippen molar-refractivity contribution >= 4 is 16.6 Å². The van der Waals surface area contributed by atoms with E-state index in [-0.39, 0.29) is 0 Å². The highest BCUT2D eigenvalue weighted by Gasteiger charge is 2.00. The van der Waals surface area contributed by atoms with E-state index < -0.39 is 5.95 Å². The van der Waals surface area contributed by atoms with Crippen molar-refractivity contribution in [3.05, 3.63) is 66.1 Å². The number of hydrogen-bond donors (Lipinski definition) is 1. The molecule has 0 aliphatic rings. The number of hydrogen-bond acceptors (Lipinski definition) is 3. The van der Waals surface area contributed by atoms with Gasteiger partial charge >= 0.3 is 0 Å². The van der Waals surface area contributed by atoms with Gasteiger partial charge in [-0.2, -0.15) is 4.39 Å². The van der Waals surface area contributed by atoms with E-state index in [9.17, 15) is 4.39 Å². The third kappa shape index (κ3) is 3.11. The van der Waals surface area contributed by atoms with Gasteiger partial charge in [0.15, 0.2) is 0 Å². The van der Waals surface area contributed by atoms with Gasteiger partial charge in [-0.1, -0.05) is 24.3 Å². The molecule has 4 heteroatoms. The summed E-state index contributed by atoms with van der Waals surface area (Å²) < 4.78 is 18.2. The molecule has 0 saturated heterocycles. The minimum atomic E-state index is -0.481. The Kier molecular flexibility index (Phi) is 3.69. The number of rotatable bonds is 4. The molecule has 0 fully saturated rings. The molecule has 0 atom stereocenters. The zero-order valence-electron chi connectivity index (χ0n) is 11.6. The van der Waals surface area contributed by atoms with Crippen LogP contribution in [0.3, 0.4) is 0 Å². The van der Waals surface area contributed by atoms with E-state index in [2.05, 4.69) is 16.4 Å². The Morgan fingerprint density at radius 3 is 2.67 bits per heavy atom. The van der Waals surface area contributed by atoms with Gasteiger partial charge < -0.3 is 10.1 Å². The molecular formula is C17H15FN2O. The van der Waals surface area contributed by atoms with Gasteiger partial charge in [-0.15, -0.1) is 0 Å². The van der Waals surface area contributed by atoms with Crippen molar-refractivity contribution in [3.8, 4) is 5.75 Å². The van der Waals surface area contributed by atoms with Crippen molar-refractivity contribution in [3.63, 3.8) is 0 Å². The van der Waals surface area contributed by atoms with Crippen molar-refractivity contribution in [2.75, 3.05) is 12.4 Å². The van der Waals surface area contributed by atoms with Crippen LogP contribution in [0.2, 0.25) is 0 Å². The molecule has 1 aromatic heterocycles. The summed E-state index contributed by atoms with van der Waals surface area (Å²) in [6, 6.07) is 16.9. The Morgan fingerprint density at radius 1 is 1.05 bits per heavy atom. The van der Waals surface area contributed by atoms with Gasteiger partial charge in [0.1, 0.15) is 11.6 Å². The molecule has 3 rings (SSSR count). The van der Waals surface area contributed by atoms with E-state index in [0.29, 0.717) is 12.4 Å². The standard InChI is InChI=1S/C17H15FN2O/c1-21-15-8-7-13-9-12(5-6-14(13)10-15)11-19-17-4-2-3-16(18)20-17/h2-10H,11H2,1H3,(H,19,20). The lowest BCUT2D eigenvalue weighted by Crippen LogP contribution is -2.01. The zero-order chi connectivity index (χ0) is 14.7. The second kappa shape index (κ2) is 5.79. The molecule has 3 nitrogen and oxygen atoms in total. The molecule has 0 amide bonds. The van der Waals surface area contributed by atoms with Gasteiger partial charge in [0.05, 0.1) is 7.11 Å². The van der Waals surface area contributed by atoms with Crippen LogP contribution in [0.5, 0.6) is 5.75 Å². The van der Waals surface area contributed by atoms with Crippen LogP contribution in [0.25, 0.3) is 10.8 Å². The molecule has 0 spiro atoms. The van der Waals surface area contributed by atoms with Gasteiger partial charge in [-0.3, -0.25) is 0 Å². The van der Waals surface area contributed by atoms with E-state index in [1.165, 1.54) is 6.07 Å². The molecule has 1 heterocycles. The molecular weight excluding hydrogens is 267 g/mol. The maximum Gasteiger partial charge on any atom is 0.214 e. The number of nitrogens with zero attached hydrogens (tertiary/aromatic N) is 1. The number of methoxy groups -OCH3 is 1. The minimum Gasteiger partial charge on any atom is -0.497 e. The van der Waals surface area contributed by atoms with Crippen LogP contribution in [0.4, 0.5) is 10.2 Å². The third-order valence-corrected chi connectivity index (χ3v) is 3.30. The second-order valence-electron chi connectivity index (χ2n) is 4.75. The molecule has 2 aromatic carbocycles. The van der Waals surface area contributed by atoms with Gasteiger partial charge in [0.2, 0.25) is 5.95 Å². The highest BCUT2D eigenvalue weighted by atomic mass is 19.1. The first-order valence-corrected chi connectivity index (χ1v) is 6.68. The summed E-state index contributed by atoms with van der Waals surface area (Å²) >= 11 is 0. The molecule has 0 aliphatic carbocycles. The second-order valence-corrected chi connectivity index (χ2v) is 4.75. The van der Waals surface area contributed by atoms with Crippen LogP contribution in [-0.2, 0) is 6.54 Å². The van der Waals surface area contributed by atoms with Gasteiger partial charge in [-0.25, -0.2) is 4.98 Å². The molecule has 0 unspecified atom stereocenters. The van der Waals surface area contributed by atoms with Crippen LogP contribution in [0.1, 0.15) is 5.56 Å². The fourth-order valence-electron chi connectivity index (χ4n) is 2.21. The van der Waals surface area contributed by atoms with Gasteiger partial charge in [0.25, 0.3) is 0 Å². The van der Waals surface area contributed by atoms with Gasteiger partial charge in [-0.05, 0) is 46.7 Å². The maximum atomic E-state index is 13.0. The first-order valence-electron chi connectivity index (χ1n) is 6.68. The highest BCUT2D eigenvalue weighted by Crippen LogP contribution is 2.22.